The van der Waals surface area contributed by atoms with Crippen molar-refractivity contribution in [1.29, 1.82) is 0 Å². The van der Waals surface area contributed by atoms with Crippen molar-refractivity contribution < 1.29 is 22.7 Å². The number of carbonyl (C=O) groups excluding carboxylic acids is 1. The third kappa shape index (κ3) is 3.34. The molecule has 20 heavy (non-hydrogen) atoms. The summed E-state index contributed by atoms with van der Waals surface area (Å²) in [5.41, 5.74) is 0.497. The molecule has 0 radical (unpaired) electrons. The van der Waals surface area contributed by atoms with Gasteiger partial charge in [0.15, 0.2) is 0 Å². The van der Waals surface area contributed by atoms with Gasteiger partial charge < -0.3 is 4.74 Å². The van der Waals surface area contributed by atoms with Crippen LogP contribution in [0.15, 0.2) is 42.5 Å². The summed E-state index contributed by atoms with van der Waals surface area (Å²) in [6, 6.07) is 9.94. The Hall–Kier alpha value is -2.37. The van der Waals surface area contributed by atoms with Gasteiger partial charge in [0.2, 0.25) is 5.78 Å². The van der Waals surface area contributed by atoms with Crippen LogP contribution in [0, 0.1) is 6.92 Å². The summed E-state index contributed by atoms with van der Waals surface area (Å²) in [6.07, 6.45) is -4.85. The van der Waals surface area contributed by atoms with E-state index in [2.05, 4.69) is 9.72 Å². The average Bonchev–Trinajstić information content (AvgIpc) is 2.37. The monoisotopic (exact) mass is 281 g/mol. The fourth-order valence-electron chi connectivity index (χ4n) is 1.68. The number of hydrogen-bond donors (Lipinski definition) is 0. The molecule has 104 valence electrons. The van der Waals surface area contributed by atoms with Crippen LogP contribution in [0.5, 0.6) is 5.75 Å². The number of hydrogen-bond acceptors (Lipinski definition) is 3. The van der Waals surface area contributed by atoms with Gasteiger partial charge in [-0.3, -0.25) is 4.79 Å². The quantitative estimate of drug-likeness (QED) is 0.808. The largest absolute Gasteiger partial charge is 0.573 e. The summed E-state index contributed by atoms with van der Waals surface area (Å²) < 4.78 is 40.8. The van der Waals surface area contributed by atoms with Crippen molar-refractivity contribution in [2.45, 2.75) is 13.3 Å². The zero-order valence-corrected chi connectivity index (χ0v) is 10.4. The second-order valence-electron chi connectivity index (χ2n) is 4.04. The number of alkyl halides is 3. The van der Waals surface area contributed by atoms with E-state index in [9.17, 15) is 18.0 Å². The number of ether oxygens (including phenoxy) is 1. The number of aromatic nitrogens is 1. The summed E-state index contributed by atoms with van der Waals surface area (Å²) in [6.45, 7) is 1.69. The van der Waals surface area contributed by atoms with Crippen molar-refractivity contribution in [3.05, 3.63) is 59.4 Å². The van der Waals surface area contributed by atoms with E-state index in [-0.39, 0.29) is 11.3 Å². The minimum atomic E-state index is -4.85. The maximum Gasteiger partial charge on any atom is 0.573 e. The first-order valence-electron chi connectivity index (χ1n) is 5.70. The van der Waals surface area contributed by atoms with Crippen LogP contribution < -0.4 is 4.74 Å². The lowest BCUT2D eigenvalue weighted by molar-refractivity contribution is -0.274. The maximum absolute atomic E-state index is 12.3. The van der Waals surface area contributed by atoms with Gasteiger partial charge in [0, 0.05) is 5.69 Å². The lowest BCUT2D eigenvalue weighted by atomic mass is 10.1. The molecule has 0 aliphatic rings. The lowest BCUT2D eigenvalue weighted by Crippen LogP contribution is -2.19. The third-order valence-corrected chi connectivity index (χ3v) is 2.48. The number of benzene rings is 1. The lowest BCUT2D eigenvalue weighted by Gasteiger charge is -2.12. The summed E-state index contributed by atoms with van der Waals surface area (Å²) in [5.74, 6) is -1.15. The van der Waals surface area contributed by atoms with Crippen LogP contribution in [0.3, 0.4) is 0 Å². The Kier molecular flexibility index (Phi) is 3.74. The Morgan fingerprint density at radius 2 is 1.80 bits per heavy atom. The average molecular weight is 281 g/mol. The van der Waals surface area contributed by atoms with Crippen LogP contribution in [0.4, 0.5) is 13.2 Å². The smallest absolute Gasteiger partial charge is 0.405 e. The molecule has 6 heteroatoms. The van der Waals surface area contributed by atoms with E-state index in [4.69, 9.17) is 0 Å². The van der Waals surface area contributed by atoms with Gasteiger partial charge in [-0.25, -0.2) is 4.98 Å². The predicted molar refractivity (Wildman–Crippen MR) is 65.5 cm³/mol. The van der Waals surface area contributed by atoms with Crippen LogP contribution in [-0.4, -0.2) is 17.1 Å². The van der Waals surface area contributed by atoms with Crippen molar-refractivity contribution in [1.82, 2.24) is 4.98 Å². The first kappa shape index (κ1) is 14.0. The maximum atomic E-state index is 12.3. The van der Waals surface area contributed by atoms with Gasteiger partial charge in [0.05, 0.1) is 5.56 Å². The van der Waals surface area contributed by atoms with Crippen molar-refractivity contribution in [3.8, 4) is 5.75 Å². The second kappa shape index (κ2) is 5.32. The van der Waals surface area contributed by atoms with Gasteiger partial charge in [0.1, 0.15) is 11.4 Å². The number of ketones is 1. The van der Waals surface area contributed by atoms with Crippen LogP contribution in [0.1, 0.15) is 21.7 Å². The van der Waals surface area contributed by atoms with E-state index in [1.165, 1.54) is 24.3 Å². The summed E-state index contributed by atoms with van der Waals surface area (Å²) in [5, 5.41) is 0. The molecule has 0 unspecified atom stereocenters. The number of carbonyl (C=O) groups is 1. The van der Waals surface area contributed by atoms with Gasteiger partial charge in [0.25, 0.3) is 0 Å². The summed E-state index contributed by atoms with van der Waals surface area (Å²) in [7, 11) is 0. The first-order valence-corrected chi connectivity index (χ1v) is 5.70. The Balaban J connectivity index is 2.40. The van der Waals surface area contributed by atoms with Crippen molar-refractivity contribution in [2.24, 2.45) is 0 Å². The standard InChI is InChI=1S/C14H10F3NO2/c1-9-5-4-7-11(18-9)13(19)10-6-2-3-8-12(10)20-14(15,16)17/h2-8H,1H3. The Bertz CT molecular complexity index is 638. The number of halogens is 3. The second-order valence-corrected chi connectivity index (χ2v) is 4.04. The van der Waals surface area contributed by atoms with E-state index in [1.807, 2.05) is 0 Å². The highest BCUT2D eigenvalue weighted by Crippen LogP contribution is 2.27. The zero-order valence-electron chi connectivity index (χ0n) is 10.4. The molecule has 1 aromatic heterocycles. The molecule has 2 aromatic rings. The van der Waals surface area contributed by atoms with Gasteiger partial charge in [-0.2, -0.15) is 0 Å². The molecule has 1 aromatic carbocycles. The molecule has 0 saturated heterocycles. The van der Waals surface area contributed by atoms with Gasteiger partial charge in [-0.1, -0.05) is 18.2 Å². The molecule has 0 aliphatic carbocycles. The van der Waals surface area contributed by atoms with Gasteiger partial charge in [-0.05, 0) is 31.2 Å². The minimum Gasteiger partial charge on any atom is -0.405 e. The van der Waals surface area contributed by atoms with Gasteiger partial charge in [-0.15, -0.1) is 13.2 Å². The molecule has 0 N–H and O–H groups in total. The van der Waals surface area contributed by atoms with Crippen LogP contribution >= 0.6 is 0 Å². The molecule has 0 aliphatic heterocycles. The Morgan fingerprint density at radius 1 is 1.10 bits per heavy atom. The topological polar surface area (TPSA) is 39.2 Å². The zero-order chi connectivity index (χ0) is 14.8. The molecule has 0 fully saturated rings. The van der Waals surface area contributed by atoms with E-state index >= 15 is 0 Å². The number of pyridine rings is 1. The third-order valence-electron chi connectivity index (χ3n) is 2.48. The predicted octanol–water partition coefficient (Wildman–Crippen LogP) is 3.52. The Morgan fingerprint density at radius 3 is 2.45 bits per heavy atom. The Labute approximate surface area is 113 Å². The van der Waals surface area contributed by atoms with Crippen LogP contribution in [0.25, 0.3) is 0 Å². The van der Waals surface area contributed by atoms with E-state index < -0.39 is 17.9 Å². The van der Waals surface area contributed by atoms with Crippen molar-refractivity contribution >= 4 is 5.78 Å². The number of para-hydroxylation sites is 1. The molecule has 0 spiro atoms. The SMILES string of the molecule is Cc1cccc(C(=O)c2ccccc2OC(F)(F)F)n1. The fraction of sp³-hybridized carbons (Fsp3) is 0.143. The summed E-state index contributed by atoms with van der Waals surface area (Å²) in [4.78, 5) is 16.2. The fourth-order valence-corrected chi connectivity index (χ4v) is 1.68. The molecule has 0 atom stereocenters. The minimum absolute atomic E-state index is 0.0724. The normalized spacial score (nSPS) is 11.2. The number of nitrogens with zero attached hydrogens (tertiary/aromatic N) is 1. The molecule has 0 saturated carbocycles. The number of rotatable bonds is 3. The van der Waals surface area contributed by atoms with E-state index in [1.54, 1.807) is 19.1 Å². The van der Waals surface area contributed by atoms with Gasteiger partial charge >= 0.3 is 6.36 Å². The first-order chi connectivity index (χ1) is 9.37. The highest BCUT2D eigenvalue weighted by molar-refractivity contribution is 6.09. The van der Waals surface area contributed by atoms with E-state index in [0.717, 1.165) is 6.07 Å². The van der Waals surface area contributed by atoms with Crippen molar-refractivity contribution in [2.75, 3.05) is 0 Å². The molecule has 3 nitrogen and oxygen atoms in total. The van der Waals surface area contributed by atoms with Crippen molar-refractivity contribution in [3.63, 3.8) is 0 Å². The molecule has 0 amide bonds. The molecule has 2 rings (SSSR count). The molecule has 0 bridgehead atoms. The van der Waals surface area contributed by atoms with E-state index in [0.29, 0.717) is 5.69 Å². The summed E-state index contributed by atoms with van der Waals surface area (Å²) >= 11 is 0. The molecular weight excluding hydrogens is 271 g/mol. The highest BCUT2D eigenvalue weighted by atomic mass is 19.4. The van der Waals surface area contributed by atoms with Crippen LogP contribution in [0.2, 0.25) is 0 Å². The highest BCUT2D eigenvalue weighted by Gasteiger charge is 2.33. The number of aryl methyl sites for hydroxylation is 1. The molecular formula is C14H10F3NO2. The molecule has 1 heterocycles. The van der Waals surface area contributed by atoms with Crippen LogP contribution in [-0.2, 0) is 0 Å².